The fourth-order valence-electron chi connectivity index (χ4n) is 3.76. The molecule has 2 heterocycles. The van der Waals surface area contributed by atoms with E-state index in [1.165, 1.54) is 4.90 Å². The summed E-state index contributed by atoms with van der Waals surface area (Å²) >= 11 is 5.98. The van der Waals surface area contributed by atoms with E-state index < -0.39 is 0 Å². The molecule has 0 N–H and O–H groups in total. The number of halogens is 1. The Morgan fingerprint density at radius 2 is 1.61 bits per heavy atom. The van der Waals surface area contributed by atoms with Crippen molar-refractivity contribution in [3.05, 3.63) is 69.9 Å². The Morgan fingerprint density at radius 1 is 0.929 bits per heavy atom. The van der Waals surface area contributed by atoms with Crippen molar-refractivity contribution in [2.24, 2.45) is 0 Å². The summed E-state index contributed by atoms with van der Waals surface area (Å²) in [6, 6.07) is 12.7. The standard InChI is InChI=1S/C22H21ClN2O3/c1-14-3-8-18(15(2)13-14)19-20(24-9-11-28-12-10-24)22(27)25(21(19)26)17-6-4-16(23)5-7-17/h3-8,13H,9-12H2,1-2H3. The Hall–Kier alpha value is -2.63. The van der Waals surface area contributed by atoms with Gasteiger partial charge in [0.15, 0.2) is 0 Å². The van der Waals surface area contributed by atoms with Crippen LogP contribution >= 0.6 is 11.6 Å². The molecule has 144 valence electrons. The highest BCUT2D eigenvalue weighted by molar-refractivity contribution is 6.45. The van der Waals surface area contributed by atoms with Gasteiger partial charge in [-0.2, -0.15) is 0 Å². The highest BCUT2D eigenvalue weighted by Gasteiger charge is 2.43. The van der Waals surface area contributed by atoms with Crippen molar-refractivity contribution in [2.75, 3.05) is 31.2 Å². The average Bonchev–Trinajstić information content (AvgIpc) is 2.94. The van der Waals surface area contributed by atoms with E-state index in [-0.39, 0.29) is 11.8 Å². The summed E-state index contributed by atoms with van der Waals surface area (Å²) in [6.45, 7) is 6.21. The van der Waals surface area contributed by atoms with Crippen LogP contribution in [0.4, 0.5) is 5.69 Å². The van der Waals surface area contributed by atoms with Gasteiger partial charge < -0.3 is 9.64 Å². The first-order valence-electron chi connectivity index (χ1n) is 9.26. The Kier molecular flexibility index (Phi) is 4.96. The number of carbonyl (C=O) groups excluding carboxylic acids is 2. The molecular formula is C22H21ClN2O3. The van der Waals surface area contributed by atoms with E-state index >= 15 is 0 Å². The number of hydrogen-bond donors (Lipinski definition) is 0. The Bertz CT molecular complexity index is 976. The van der Waals surface area contributed by atoms with Crippen molar-refractivity contribution in [1.29, 1.82) is 0 Å². The first-order chi connectivity index (χ1) is 13.5. The van der Waals surface area contributed by atoms with Crippen LogP contribution < -0.4 is 4.90 Å². The van der Waals surface area contributed by atoms with Crippen molar-refractivity contribution in [1.82, 2.24) is 4.90 Å². The average molecular weight is 397 g/mol. The summed E-state index contributed by atoms with van der Waals surface area (Å²) in [5.41, 5.74) is 4.31. The third kappa shape index (κ3) is 3.21. The maximum Gasteiger partial charge on any atom is 0.282 e. The number of morpholine rings is 1. The summed E-state index contributed by atoms with van der Waals surface area (Å²) in [5.74, 6) is -0.607. The first kappa shape index (κ1) is 18.7. The van der Waals surface area contributed by atoms with Gasteiger partial charge in [0.2, 0.25) is 0 Å². The van der Waals surface area contributed by atoms with Gasteiger partial charge in [0, 0.05) is 18.1 Å². The number of carbonyl (C=O) groups is 2. The molecular weight excluding hydrogens is 376 g/mol. The molecule has 5 nitrogen and oxygen atoms in total. The van der Waals surface area contributed by atoms with E-state index in [0.29, 0.717) is 48.3 Å². The van der Waals surface area contributed by atoms with Crippen LogP contribution in [-0.4, -0.2) is 43.0 Å². The molecule has 0 aliphatic carbocycles. The maximum atomic E-state index is 13.4. The van der Waals surface area contributed by atoms with Crippen LogP contribution in [0.3, 0.4) is 0 Å². The lowest BCUT2D eigenvalue weighted by molar-refractivity contribution is -0.121. The third-order valence-corrected chi connectivity index (χ3v) is 5.37. The molecule has 2 aromatic carbocycles. The first-order valence-corrected chi connectivity index (χ1v) is 9.64. The lowest BCUT2D eigenvalue weighted by atomic mass is 9.97. The minimum Gasteiger partial charge on any atom is -0.378 e. The van der Waals surface area contributed by atoms with Crippen molar-refractivity contribution >= 4 is 34.7 Å². The number of aryl methyl sites for hydroxylation is 2. The van der Waals surface area contributed by atoms with Crippen LogP contribution in [0.5, 0.6) is 0 Å². The van der Waals surface area contributed by atoms with E-state index in [0.717, 1.165) is 16.7 Å². The zero-order chi connectivity index (χ0) is 19.8. The second-order valence-corrected chi connectivity index (χ2v) is 7.50. The largest absolute Gasteiger partial charge is 0.378 e. The van der Waals surface area contributed by atoms with E-state index in [9.17, 15) is 9.59 Å². The van der Waals surface area contributed by atoms with Gasteiger partial charge in [0.05, 0.1) is 24.5 Å². The van der Waals surface area contributed by atoms with Gasteiger partial charge in [-0.25, -0.2) is 4.90 Å². The second kappa shape index (κ2) is 7.41. The molecule has 28 heavy (non-hydrogen) atoms. The molecule has 1 saturated heterocycles. The van der Waals surface area contributed by atoms with E-state index in [4.69, 9.17) is 16.3 Å². The molecule has 0 unspecified atom stereocenters. The van der Waals surface area contributed by atoms with E-state index in [1.807, 2.05) is 36.9 Å². The van der Waals surface area contributed by atoms with Crippen LogP contribution in [0.2, 0.25) is 5.02 Å². The molecule has 6 heteroatoms. The second-order valence-electron chi connectivity index (χ2n) is 7.06. The SMILES string of the molecule is Cc1ccc(C2=C(N3CCOCC3)C(=O)N(c3ccc(Cl)cc3)C2=O)c(C)c1. The lowest BCUT2D eigenvalue weighted by Gasteiger charge is -2.29. The van der Waals surface area contributed by atoms with Gasteiger partial charge >= 0.3 is 0 Å². The molecule has 1 fully saturated rings. The van der Waals surface area contributed by atoms with Crippen molar-refractivity contribution in [3.63, 3.8) is 0 Å². The molecule has 2 aliphatic heterocycles. The number of benzene rings is 2. The fraction of sp³-hybridized carbons (Fsp3) is 0.273. The van der Waals surface area contributed by atoms with E-state index in [2.05, 4.69) is 0 Å². The van der Waals surface area contributed by atoms with Crippen LogP contribution in [0.15, 0.2) is 48.2 Å². The number of nitrogens with zero attached hydrogens (tertiary/aromatic N) is 2. The summed E-state index contributed by atoms with van der Waals surface area (Å²) in [5, 5.41) is 0.554. The van der Waals surface area contributed by atoms with Gasteiger partial charge in [-0.3, -0.25) is 9.59 Å². The summed E-state index contributed by atoms with van der Waals surface area (Å²) < 4.78 is 5.44. The van der Waals surface area contributed by atoms with Crippen molar-refractivity contribution in [2.45, 2.75) is 13.8 Å². The number of amides is 2. The molecule has 0 radical (unpaired) electrons. The van der Waals surface area contributed by atoms with Gasteiger partial charge in [0.1, 0.15) is 5.70 Å². The third-order valence-electron chi connectivity index (χ3n) is 5.12. The molecule has 0 aromatic heterocycles. The Labute approximate surface area is 169 Å². The fourth-order valence-corrected chi connectivity index (χ4v) is 3.89. The zero-order valence-corrected chi connectivity index (χ0v) is 16.6. The monoisotopic (exact) mass is 396 g/mol. The molecule has 2 aliphatic rings. The van der Waals surface area contributed by atoms with Crippen LogP contribution in [0, 0.1) is 13.8 Å². The molecule has 0 saturated carbocycles. The number of imide groups is 1. The molecule has 0 spiro atoms. The highest BCUT2D eigenvalue weighted by Crippen LogP contribution is 2.36. The topological polar surface area (TPSA) is 49.9 Å². The molecule has 2 amide bonds. The number of rotatable bonds is 3. The summed E-state index contributed by atoms with van der Waals surface area (Å²) in [7, 11) is 0. The van der Waals surface area contributed by atoms with Crippen molar-refractivity contribution in [3.8, 4) is 0 Å². The minimum atomic E-state index is -0.305. The van der Waals surface area contributed by atoms with Crippen molar-refractivity contribution < 1.29 is 14.3 Å². The van der Waals surface area contributed by atoms with Crippen LogP contribution in [-0.2, 0) is 14.3 Å². The van der Waals surface area contributed by atoms with Crippen LogP contribution in [0.25, 0.3) is 5.57 Å². The zero-order valence-electron chi connectivity index (χ0n) is 15.9. The Morgan fingerprint density at radius 3 is 2.25 bits per heavy atom. The van der Waals surface area contributed by atoms with Gasteiger partial charge in [0.25, 0.3) is 11.8 Å². The maximum absolute atomic E-state index is 13.4. The number of hydrogen-bond acceptors (Lipinski definition) is 4. The number of anilines is 1. The molecule has 4 rings (SSSR count). The normalized spacial score (nSPS) is 17.7. The quantitative estimate of drug-likeness (QED) is 0.744. The number of ether oxygens (including phenoxy) is 1. The van der Waals surface area contributed by atoms with Gasteiger partial charge in [-0.15, -0.1) is 0 Å². The van der Waals surface area contributed by atoms with Crippen LogP contribution in [0.1, 0.15) is 16.7 Å². The Balaban J connectivity index is 1.85. The molecule has 2 aromatic rings. The molecule has 0 atom stereocenters. The minimum absolute atomic E-state index is 0.302. The summed E-state index contributed by atoms with van der Waals surface area (Å²) in [6.07, 6.45) is 0. The summed E-state index contributed by atoms with van der Waals surface area (Å²) in [4.78, 5) is 30.1. The lowest BCUT2D eigenvalue weighted by Crippen LogP contribution is -2.40. The molecule has 0 bridgehead atoms. The predicted octanol–water partition coefficient (Wildman–Crippen LogP) is 3.57. The smallest absolute Gasteiger partial charge is 0.282 e. The predicted molar refractivity (Wildman–Crippen MR) is 109 cm³/mol. The van der Waals surface area contributed by atoms with E-state index in [1.54, 1.807) is 24.3 Å². The highest BCUT2D eigenvalue weighted by atomic mass is 35.5. The van der Waals surface area contributed by atoms with Gasteiger partial charge in [-0.1, -0.05) is 35.4 Å². The van der Waals surface area contributed by atoms with Gasteiger partial charge in [-0.05, 0) is 49.2 Å².